The van der Waals surface area contributed by atoms with Crippen molar-refractivity contribution in [2.45, 2.75) is 0 Å². The molecule has 0 bridgehead atoms. The number of hydrogen-bond acceptors (Lipinski definition) is 5. The molecule has 0 saturated heterocycles. The summed E-state index contributed by atoms with van der Waals surface area (Å²) >= 11 is 1.79. The highest BCUT2D eigenvalue weighted by atomic mass is 32.1. The summed E-state index contributed by atoms with van der Waals surface area (Å²) in [6.07, 6.45) is 0. The summed E-state index contributed by atoms with van der Waals surface area (Å²) < 4.78 is 8.89. The first kappa shape index (κ1) is 23.3. The number of para-hydroxylation sites is 1. The van der Waals surface area contributed by atoms with Crippen LogP contribution in [-0.2, 0) is 0 Å². The van der Waals surface area contributed by atoms with Gasteiger partial charge in [-0.2, -0.15) is 0 Å². The van der Waals surface area contributed by atoms with Crippen molar-refractivity contribution in [3.63, 3.8) is 0 Å². The van der Waals surface area contributed by atoms with Gasteiger partial charge in [-0.1, -0.05) is 103 Å². The lowest BCUT2D eigenvalue weighted by atomic mass is 10.0. The van der Waals surface area contributed by atoms with Gasteiger partial charge in [0.15, 0.2) is 17.5 Å². The van der Waals surface area contributed by atoms with Gasteiger partial charge in [-0.3, -0.25) is 0 Å². The molecule has 0 atom stereocenters. The predicted molar refractivity (Wildman–Crippen MR) is 174 cm³/mol. The number of furan rings is 1. The lowest BCUT2D eigenvalue weighted by Gasteiger charge is -2.08. The summed E-state index contributed by atoms with van der Waals surface area (Å²) in [5.41, 5.74) is 4.74. The van der Waals surface area contributed by atoms with Crippen molar-refractivity contribution < 1.29 is 4.42 Å². The van der Waals surface area contributed by atoms with Crippen molar-refractivity contribution >= 4 is 64.2 Å². The molecule has 6 aromatic carbocycles. The molecule has 0 amide bonds. The van der Waals surface area contributed by atoms with E-state index >= 15 is 0 Å². The third-order valence-electron chi connectivity index (χ3n) is 7.92. The fourth-order valence-electron chi connectivity index (χ4n) is 5.93. The summed E-state index contributed by atoms with van der Waals surface area (Å²) in [7, 11) is 0. The Morgan fingerprint density at radius 3 is 1.81 bits per heavy atom. The first-order valence-corrected chi connectivity index (χ1v) is 14.7. The fourth-order valence-corrected chi connectivity index (χ4v) is 7.09. The van der Waals surface area contributed by atoms with Crippen LogP contribution in [0, 0.1) is 0 Å². The van der Waals surface area contributed by atoms with Crippen molar-refractivity contribution in [1.82, 2.24) is 15.0 Å². The van der Waals surface area contributed by atoms with Crippen molar-refractivity contribution in [3.8, 4) is 34.2 Å². The molecule has 0 unspecified atom stereocenters. The number of aromatic nitrogens is 3. The smallest absolute Gasteiger partial charge is 0.164 e. The van der Waals surface area contributed by atoms with Crippen LogP contribution in [-0.4, -0.2) is 15.0 Å². The van der Waals surface area contributed by atoms with Crippen LogP contribution < -0.4 is 0 Å². The Hall–Kier alpha value is -5.39. The number of fused-ring (bicyclic) bond motifs is 9. The monoisotopic (exact) mass is 555 g/mol. The molecule has 0 aliphatic heterocycles. The van der Waals surface area contributed by atoms with Gasteiger partial charge in [0.2, 0.25) is 0 Å². The molecule has 0 N–H and O–H groups in total. The van der Waals surface area contributed by atoms with E-state index in [4.69, 9.17) is 19.4 Å². The number of nitrogens with zero attached hydrogens (tertiary/aromatic N) is 3. The average molecular weight is 556 g/mol. The van der Waals surface area contributed by atoms with E-state index in [2.05, 4.69) is 54.6 Å². The highest BCUT2D eigenvalue weighted by molar-refractivity contribution is 7.26. The topological polar surface area (TPSA) is 51.8 Å². The zero-order valence-corrected chi connectivity index (χ0v) is 23.1. The number of benzene rings is 6. The molecule has 3 aromatic heterocycles. The molecular formula is C37H21N3OS. The molecule has 4 nitrogen and oxygen atoms in total. The normalized spacial score (nSPS) is 11.8. The van der Waals surface area contributed by atoms with Gasteiger partial charge in [0.1, 0.15) is 11.2 Å². The van der Waals surface area contributed by atoms with E-state index in [1.807, 2.05) is 72.8 Å². The van der Waals surface area contributed by atoms with E-state index in [-0.39, 0.29) is 0 Å². The number of thiophene rings is 1. The van der Waals surface area contributed by atoms with Gasteiger partial charge >= 0.3 is 0 Å². The van der Waals surface area contributed by atoms with Gasteiger partial charge < -0.3 is 4.42 Å². The first-order chi connectivity index (χ1) is 20.8. The van der Waals surface area contributed by atoms with Gasteiger partial charge in [-0.15, -0.1) is 11.3 Å². The molecule has 0 fully saturated rings. The van der Waals surface area contributed by atoms with Gasteiger partial charge in [0.25, 0.3) is 0 Å². The molecule has 0 aliphatic rings. The zero-order chi connectivity index (χ0) is 27.6. The average Bonchev–Trinajstić information content (AvgIpc) is 3.63. The second-order valence-corrected chi connectivity index (χ2v) is 11.5. The Labute approximate surface area is 244 Å². The minimum atomic E-state index is 0.659. The summed E-state index contributed by atoms with van der Waals surface area (Å²) in [5, 5.41) is 7.07. The lowest BCUT2D eigenvalue weighted by molar-refractivity contribution is 0.673. The van der Waals surface area contributed by atoms with Gasteiger partial charge in [-0.25, -0.2) is 15.0 Å². The van der Waals surface area contributed by atoms with Crippen LogP contribution in [0.2, 0.25) is 0 Å². The SMILES string of the molecule is c1ccc(-c2nc(-c3ccccc3)nc(-c3ccc4c(c3)sc3ccc5ccc6c7ccccc7oc6c5c34)n2)cc1. The Kier molecular flexibility index (Phi) is 5.03. The fraction of sp³-hybridized carbons (Fsp3) is 0. The number of rotatable bonds is 3. The minimum absolute atomic E-state index is 0.659. The van der Waals surface area contributed by atoms with Crippen LogP contribution in [0.3, 0.4) is 0 Å². The highest BCUT2D eigenvalue weighted by Gasteiger charge is 2.17. The lowest BCUT2D eigenvalue weighted by Crippen LogP contribution is -1.99. The Morgan fingerprint density at radius 2 is 1.07 bits per heavy atom. The standard InChI is InChI=1S/C37H21N3OS/c1-3-9-23(10-4-1)35-38-36(24-11-5-2-6-12-24)40-37(39-35)25-16-19-28-31(21-25)42-30-20-17-22-15-18-27-26-13-7-8-14-29(26)41-34(27)32(22)33(28)30/h1-21H. The Bertz CT molecular complexity index is 2400. The van der Waals surface area contributed by atoms with E-state index in [1.54, 1.807) is 11.3 Å². The molecule has 5 heteroatoms. The van der Waals surface area contributed by atoms with Gasteiger partial charge in [0.05, 0.1) is 0 Å². The largest absolute Gasteiger partial charge is 0.455 e. The minimum Gasteiger partial charge on any atom is -0.455 e. The molecular weight excluding hydrogens is 534 g/mol. The molecule has 42 heavy (non-hydrogen) atoms. The second-order valence-electron chi connectivity index (χ2n) is 10.4. The molecule has 196 valence electrons. The molecule has 0 spiro atoms. The molecule has 0 saturated carbocycles. The number of hydrogen-bond donors (Lipinski definition) is 0. The van der Waals surface area contributed by atoms with E-state index in [9.17, 15) is 0 Å². The van der Waals surface area contributed by atoms with Crippen molar-refractivity contribution in [1.29, 1.82) is 0 Å². The van der Waals surface area contributed by atoms with Crippen molar-refractivity contribution in [3.05, 3.63) is 127 Å². The van der Waals surface area contributed by atoms with Gasteiger partial charge in [0, 0.05) is 53.0 Å². The van der Waals surface area contributed by atoms with Crippen molar-refractivity contribution in [2.75, 3.05) is 0 Å². The third kappa shape index (κ3) is 3.57. The first-order valence-electron chi connectivity index (χ1n) is 13.9. The van der Waals surface area contributed by atoms with Crippen LogP contribution >= 0.6 is 11.3 Å². The third-order valence-corrected chi connectivity index (χ3v) is 9.04. The molecule has 9 aromatic rings. The molecule has 9 rings (SSSR count). The second kappa shape index (κ2) is 9.06. The summed E-state index contributed by atoms with van der Waals surface area (Å²) in [5.74, 6) is 1.98. The van der Waals surface area contributed by atoms with Crippen LogP contribution in [0.4, 0.5) is 0 Å². The maximum atomic E-state index is 6.47. The molecule has 0 aliphatic carbocycles. The zero-order valence-electron chi connectivity index (χ0n) is 22.3. The summed E-state index contributed by atoms with van der Waals surface area (Å²) in [6.45, 7) is 0. The highest BCUT2D eigenvalue weighted by Crippen LogP contribution is 2.44. The summed E-state index contributed by atoms with van der Waals surface area (Å²) in [6, 6.07) is 43.8. The quantitative estimate of drug-likeness (QED) is 0.218. The Balaban J connectivity index is 1.28. The van der Waals surface area contributed by atoms with E-state index in [0.29, 0.717) is 17.5 Å². The van der Waals surface area contributed by atoms with E-state index in [0.717, 1.165) is 44.0 Å². The molecule has 0 radical (unpaired) electrons. The Morgan fingerprint density at radius 1 is 0.452 bits per heavy atom. The van der Waals surface area contributed by atoms with Crippen LogP contribution in [0.1, 0.15) is 0 Å². The van der Waals surface area contributed by atoms with Crippen LogP contribution in [0.15, 0.2) is 132 Å². The maximum Gasteiger partial charge on any atom is 0.164 e. The van der Waals surface area contributed by atoms with Gasteiger partial charge in [-0.05, 0) is 29.7 Å². The van der Waals surface area contributed by atoms with Crippen LogP contribution in [0.25, 0.3) is 87.0 Å². The van der Waals surface area contributed by atoms with E-state index < -0.39 is 0 Å². The van der Waals surface area contributed by atoms with E-state index in [1.165, 1.54) is 25.6 Å². The molecule has 3 heterocycles. The maximum absolute atomic E-state index is 6.47. The van der Waals surface area contributed by atoms with Crippen molar-refractivity contribution in [2.24, 2.45) is 0 Å². The van der Waals surface area contributed by atoms with Crippen LogP contribution in [0.5, 0.6) is 0 Å². The summed E-state index contributed by atoms with van der Waals surface area (Å²) in [4.78, 5) is 14.7. The predicted octanol–water partition coefficient (Wildman–Crippen LogP) is 10.3.